The third-order valence-electron chi connectivity index (χ3n) is 5.31. The molecule has 4 aromatic rings. The van der Waals surface area contributed by atoms with Crippen molar-refractivity contribution in [3.05, 3.63) is 58.6 Å². The third-order valence-corrected chi connectivity index (χ3v) is 5.72. The Balaban J connectivity index is 1.95. The van der Waals surface area contributed by atoms with E-state index in [0.29, 0.717) is 6.54 Å². The fraction of sp³-hybridized carbons (Fsp3) is 0.261. The molecule has 4 rings (SSSR count). The quantitative estimate of drug-likeness (QED) is 0.417. The third kappa shape index (κ3) is 3.23. The Kier molecular flexibility index (Phi) is 5.25. The normalized spacial score (nSPS) is 11.4. The highest BCUT2D eigenvalue weighted by molar-refractivity contribution is 6.32. The van der Waals surface area contributed by atoms with Crippen molar-refractivity contribution in [3.63, 3.8) is 0 Å². The number of hydrogen-bond acceptors (Lipinski definition) is 3. The number of para-hydroxylation sites is 1. The number of fused-ring (bicyclic) bond motifs is 2. The summed E-state index contributed by atoms with van der Waals surface area (Å²) in [5.74, 6) is 0.821. The molecule has 0 fully saturated rings. The van der Waals surface area contributed by atoms with Crippen molar-refractivity contribution in [2.45, 2.75) is 26.2 Å². The molecular formula is C23H24ClN3O. The Bertz CT molecular complexity index is 1150. The number of rotatable bonds is 6. The predicted octanol–water partition coefficient (Wildman–Crippen LogP) is 5.63. The zero-order valence-corrected chi connectivity index (χ0v) is 16.9. The van der Waals surface area contributed by atoms with E-state index in [1.165, 1.54) is 10.9 Å². The molecule has 2 heterocycles. The highest BCUT2D eigenvalue weighted by atomic mass is 35.5. The number of nitrogens with two attached hydrogens (primary N) is 1. The first-order valence-corrected chi connectivity index (χ1v) is 9.95. The average molecular weight is 394 g/mol. The van der Waals surface area contributed by atoms with Crippen LogP contribution in [0.25, 0.3) is 33.2 Å². The van der Waals surface area contributed by atoms with Crippen LogP contribution in [0.1, 0.15) is 24.0 Å². The number of aromatic nitrogens is 2. The molecule has 3 N–H and O–H groups in total. The van der Waals surface area contributed by atoms with Crippen molar-refractivity contribution in [1.82, 2.24) is 9.97 Å². The van der Waals surface area contributed by atoms with Crippen molar-refractivity contribution >= 4 is 33.4 Å². The first-order valence-electron chi connectivity index (χ1n) is 9.58. The highest BCUT2D eigenvalue weighted by Crippen LogP contribution is 2.37. The van der Waals surface area contributed by atoms with E-state index in [4.69, 9.17) is 27.1 Å². The van der Waals surface area contributed by atoms with Gasteiger partial charge in [0, 0.05) is 21.9 Å². The zero-order valence-electron chi connectivity index (χ0n) is 16.2. The SMILES string of the molecule is COc1cc(-c2[nH]c3c(C)c(Cl)ccc3c2CCCCN)nc2ccccc12. The topological polar surface area (TPSA) is 63.9 Å². The summed E-state index contributed by atoms with van der Waals surface area (Å²) in [6.07, 6.45) is 2.96. The molecule has 0 radical (unpaired) electrons. The molecule has 0 atom stereocenters. The summed E-state index contributed by atoms with van der Waals surface area (Å²) >= 11 is 6.38. The smallest absolute Gasteiger partial charge is 0.130 e. The summed E-state index contributed by atoms with van der Waals surface area (Å²) in [6, 6.07) is 14.1. The molecule has 0 aliphatic rings. The first-order chi connectivity index (χ1) is 13.6. The van der Waals surface area contributed by atoms with Gasteiger partial charge in [0.2, 0.25) is 0 Å². The number of aryl methyl sites for hydroxylation is 2. The molecule has 0 saturated carbocycles. The summed E-state index contributed by atoms with van der Waals surface area (Å²) in [5.41, 5.74) is 11.9. The Hall–Kier alpha value is -2.56. The highest BCUT2D eigenvalue weighted by Gasteiger charge is 2.18. The molecule has 0 unspecified atom stereocenters. The minimum absolute atomic E-state index is 0.699. The number of nitrogens with one attached hydrogen (secondary N) is 1. The molecule has 2 aromatic carbocycles. The molecule has 5 heteroatoms. The lowest BCUT2D eigenvalue weighted by Crippen LogP contribution is -1.99. The van der Waals surface area contributed by atoms with E-state index >= 15 is 0 Å². The number of aromatic amines is 1. The van der Waals surface area contributed by atoms with Crippen LogP contribution in [0.15, 0.2) is 42.5 Å². The fourth-order valence-electron chi connectivity index (χ4n) is 3.80. The minimum Gasteiger partial charge on any atom is -0.496 e. The number of hydrogen-bond donors (Lipinski definition) is 2. The second kappa shape index (κ2) is 7.82. The van der Waals surface area contributed by atoms with Crippen LogP contribution in [0.4, 0.5) is 0 Å². The van der Waals surface area contributed by atoms with Crippen molar-refractivity contribution < 1.29 is 4.74 Å². The first kappa shape index (κ1) is 18.8. The molecule has 0 amide bonds. The van der Waals surface area contributed by atoms with E-state index in [-0.39, 0.29) is 0 Å². The van der Waals surface area contributed by atoms with E-state index in [9.17, 15) is 0 Å². The largest absolute Gasteiger partial charge is 0.496 e. The second-order valence-corrected chi connectivity index (χ2v) is 7.45. The van der Waals surface area contributed by atoms with Gasteiger partial charge in [0.1, 0.15) is 5.75 Å². The van der Waals surface area contributed by atoms with Crippen LogP contribution in [-0.2, 0) is 6.42 Å². The number of H-pyrrole nitrogens is 1. The summed E-state index contributed by atoms with van der Waals surface area (Å²) in [7, 11) is 1.70. The van der Waals surface area contributed by atoms with Crippen LogP contribution in [0.5, 0.6) is 5.75 Å². The number of pyridine rings is 1. The minimum atomic E-state index is 0.699. The number of nitrogens with zero attached hydrogens (tertiary/aromatic N) is 1. The van der Waals surface area contributed by atoms with Gasteiger partial charge < -0.3 is 15.5 Å². The molecule has 2 aromatic heterocycles. The Labute approximate surface area is 169 Å². The Morgan fingerprint density at radius 2 is 1.93 bits per heavy atom. The lowest BCUT2D eigenvalue weighted by molar-refractivity contribution is 0.419. The molecular weight excluding hydrogens is 370 g/mol. The number of methoxy groups -OCH3 is 1. The van der Waals surface area contributed by atoms with Gasteiger partial charge >= 0.3 is 0 Å². The Morgan fingerprint density at radius 3 is 2.71 bits per heavy atom. The maximum absolute atomic E-state index is 6.38. The van der Waals surface area contributed by atoms with Crippen LogP contribution < -0.4 is 10.5 Å². The van der Waals surface area contributed by atoms with Gasteiger partial charge in [-0.1, -0.05) is 29.8 Å². The van der Waals surface area contributed by atoms with Gasteiger partial charge in [0.25, 0.3) is 0 Å². The lowest BCUT2D eigenvalue weighted by atomic mass is 10.0. The van der Waals surface area contributed by atoms with Crippen LogP contribution >= 0.6 is 11.6 Å². The Morgan fingerprint density at radius 1 is 1.11 bits per heavy atom. The lowest BCUT2D eigenvalue weighted by Gasteiger charge is -2.10. The maximum Gasteiger partial charge on any atom is 0.130 e. The standard InChI is InChI=1S/C23H24ClN3O/c1-14-18(24)11-10-16-15(7-5-6-12-25)23(27-22(14)16)20-13-21(28-2)17-8-3-4-9-19(17)26-20/h3-4,8-11,13,27H,5-7,12,25H2,1-2H3. The van der Waals surface area contributed by atoms with Gasteiger partial charge in [-0.2, -0.15) is 0 Å². The molecule has 0 saturated heterocycles. The molecule has 0 bridgehead atoms. The summed E-state index contributed by atoms with van der Waals surface area (Å²) in [6.45, 7) is 2.74. The van der Waals surface area contributed by atoms with Crippen molar-refractivity contribution in [2.24, 2.45) is 5.73 Å². The van der Waals surface area contributed by atoms with Crippen molar-refractivity contribution in [3.8, 4) is 17.1 Å². The number of unbranched alkanes of at least 4 members (excludes halogenated alkanes) is 1. The summed E-state index contributed by atoms with van der Waals surface area (Å²) in [5, 5.41) is 2.97. The van der Waals surface area contributed by atoms with Gasteiger partial charge in [0.15, 0.2) is 0 Å². The van der Waals surface area contributed by atoms with E-state index in [1.54, 1.807) is 7.11 Å². The number of ether oxygens (including phenoxy) is 1. The average Bonchev–Trinajstić information content (AvgIpc) is 3.09. The molecule has 28 heavy (non-hydrogen) atoms. The van der Waals surface area contributed by atoms with Gasteiger partial charge in [-0.15, -0.1) is 0 Å². The van der Waals surface area contributed by atoms with Crippen LogP contribution in [0, 0.1) is 6.92 Å². The molecule has 0 spiro atoms. The molecule has 0 aliphatic heterocycles. The van der Waals surface area contributed by atoms with E-state index in [2.05, 4.69) is 11.1 Å². The second-order valence-electron chi connectivity index (χ2n) is 7.05. The van der Waals surface area contributed by atoms with Crippen LogP contribution in [0.2, 0.25) is 5.02 Å². The van der Waals surface area contributed by atoms with Crippen LogP contribution in [0.3, 0.4) is 0 Å². The number of halogens is 1. The van der Waals surface area contributed by atoms with Crippen molar-refractivity contribution in [2.75, 3.05) is 13.7 Å². The molecule has 4 nitrogen and oxygen atoms in total. The van der Waals surface area contributed by atoms with Crippen molar-refractivity contribution in [1.29, 1.82) is 0 Å². The molecule has 0 aliphatic carbocycles. The van der Waals surface area contributed by atoms with Gasteiger partial charge in [-0.3, -0.25) is 0 Å². The summed E-state index contributed by atoms with van der Waals surface area (Å²) < 4.78 is 5.65. The monoisotopic (exact) mass is 393 g/mol. The van der Waals surface area contributed by atoms with E-state index in [0.717, 1.165) is 63.4 Å². The van der Waals surface area contributed by atoms with Gasteiger partial charge in [-0.25, -0.2) is 4.98 Å². The van der Waals surface area contributed by atoms with E-state index < -0.39 is 0 Å². The molecule has 144 valence electrons. The fourth-order valence-corrected chi connectivity index (χ4v) is 3.96. The summed E-state index contributed by atoms with van der Waals surface area (Å²) in [4.78, 5) is 8.52. The predicted molar refractivity (Wildman–Crippen MR) is 117 cm³/mol. The van der Waals surface area contributed by atoms with E-state index in [1.807, 2.05) is 43.3 Å². The van der Waals surface area contributed by atoms with Gasteiger partial charge in [0.05, 0.1) is 29.5 Å². The number of benzene rings is 2. The van der Waals surface area contributed by atoms with Crippen LogP contribution in [-0.4, -0.2) is 23.6 Å². The maximum atomic E-state index is 6.38. The van der Waals surface area contributed by atoms with Gasteiger partial charge in [-0.05, 0) is 62.1 Å². The zero-order chi connectivity index (χ0) is 19.7.